The van der Waals surface area contributed by atoms with Gasteiger partial charge >= 0.3 is 0 Å². The van der Waals surface area contributed by atoms with Gasteiger partial charge in [-0.1, -0.05) is 6.92 Å². The Bertz CT molecular complexity index is 616. The van der Waals surface area contributed by atoms with Crippen LogP contribution in [0.25, 0.3) is 0 Å². The summed E-state index contributed by atoms with van der Waals surface area (Å²) in [6, 6.07) is 1.19. The van der Waals surface area contributed by atoms with Gasteiger partial charge in [-0.3, -0.25) is 0 Å². The van der Waals surface area contributed by atoms with Crippen molar-refractivity contribution in [3.8, 4) is 0 Å². The fraction of sp³-hybridized carbons (Fsp3) is 0.500. The molecular formula is C12H16BrClF2N2O2S. The summed E-state index contributed by atoms with van der Waals surface area (Å²) in [7, 11) is -4.02. The van der Waals surface area contributed by atoms with Gasteiger partial charge in [0.15, 0.2) is 0 Å². The first-order valence-corrected chi connectivity index (χ1v) is 8.46. The lowest BCUT2D eigenvalue weighted by Gasteiger charge is -2.30. The predicted octanol–water partition coefficient (Wildman–Crippen LogP) is 2.43. The van der Waals surface area contributed by atoms with Crippen LogP contribution in [0, 0.1) is 17.6 Å². The molecule has 2 atom stereocenters. The van der Waals surface area contributed by atoms with E-state index in [2.05, 4.69) is 26.0 Å². The molecule has 1 aromatic rings. The number of benzene rings is 1. The number of sulfonamides is 1. The summed E-state index contributed by atoms with van der Waals surface area (Å²) >= 11 is 2.86. The van der Waals surface area contributed by atoms with E-state index in [0.717, 1.165) is 19.0 Å². The van der Waals surface area contributed by atoms with Crippen molar-refractivity contribution in [3.05, 3.63) is 28.2 Å². The molecule has 2 unspecified atom stereocenters. The molecule has 1 aromatic carbocycles. The van der Waals surface area contributed by atoms with Crippen LogP contribution < -0.4 is 10.0 Å². The molecule has 2 rings (SSSR count). The maximum absolute atomic E-state index is 13.7. The summed E-state index contributed by atoms with van der Waals surface area (Å²) in [4.78, 5) is -0.552. The van der Waals surface area contributed by atoms with Crippen molar-refractivity contribution >= 4 is 38.4 Å². The zero-order chi connectivity index (χ0) is 14.9. The lowest BCUT2D eigenvalue weighted by Crippen LogP contribution is -2.50. The zero-order valence-corrected chi connectivity index (χ0v) is 14.4. The maximum Gasteiger partial charge on any atom is 0.243 e. The average Bonchev–Trinajstić information content (AvgIpc) is 2.36. The Morgan fingerprint density at radius 2 is 2.00 bits per heavy atom. The molecule has 1 heterocycles. The van der Waals surface area contributed by atoms with E-state index in [1.165, 1.54) is 0 Å². The molecular weight excluding hydrogens is 390 g/mol. The Morgan fingerprint density at radius 3 is 2.62 bits per heavy atom. The number of halogens is 4. The van der Waals surface area contributed by atoms with Crippen molar-refractivity contribution in [3.63, 3.8) is 0 Å². The summed E-state index contributed by atoms with van der Waals surface area (Å²) in [6.45, 7) is 3.26. The summed E-state index contributed by atoms with van der Waals surface area (Å²) in [5.41, 5.74) is 0. The van der Waals surface area contributed by atoms with Crippen molar-refractivity contribution in [1.82, 2.24) is 10.0 Å². The Morgan fingerprint density at radius 1 is 1.33 bits per heavy atom. The smallest absolute Gasteiger partial charge is 0.243 e. The fourth-order valence-corrected chi connectivity index (χ4v) is 4.05. The van der Waals surface area contributed by atoms with Gasteiger partial charge in [0.2, 0.25) is 10.0 Å². The molecule has 0 amide bonds. The second-order valence-electron chi connectivity index (χ2n) is 4.89. The van der Waals surface area contributed by atoms with Crippen LogP contribution in [0.3, 0.4) is 0 Å². The van der Waals surface area contributed by atoms with Crippen molar-refractivity contribution in [2.75, 3.05) is 13.1 Å². The molecule has 21 heavy (non-hydrogen) atoms. The molecule has 1 aliphatic rings. The van der Waals surface area contributed by atoms with Gasteiger partial charge in [-0.2, -0.15) is 0 Å². The molecule has 0 saturated carbocycles. The number of nitrogens with one attached hydrogen (secondary N) is 2. The molecule has 0 spiro atoms. The zero-order valence-electron chi connectivity index (χ0n) is 11.2. The Balaban J connectivity index is 0.00000220. The molecule has 120 valence electrons. The Hall–Kier alpha value is -0.280. The maximum atomic E-state index is 13.7. The van der Waals surface area contributed by atoms with Gasteiger partial charge in [0, 0.05) is 18.7 Å². The van der Waals surface area contributed by atoms with Gasteiger partial charge in [-0.25, -0.2) is 21.9 Å². The molecule has 0 bridgehead atoms. The number of hydrogen-bond acceptors (Lipinski definition) is 3. The molecule has 9 heteroatoms. The molecule has 0 aromatic heterocycles. The second-order valence-corrected chi connectivity index (χ2v) is 7.43. The van der Waals surface area contributed by atoms with Gasteiger partial charge in [0.1, 0.15) is 16.5 Å². The second kappa shape index (κ2) is 7.32. The van der Waals surface area contributed by atoms with E-state index in [4.69, 9.17) is 0 Å². The first-order chi connectivity index (χ1) is 9.31. The first kappa shape index (κ1) is 18.8. The molecule has 1 saturated heterocycles. The van der Waals surface area contributed by atoms with Gasteiger partial charge in [0.25, 0.3) is 0 Å². The molecule has 1 aliphatic heterocycles. The minimum Gasteiger partial charge on any atom is -0.315 e. The monoisotopic (exact) mass is 404 g/mol. The minimum atomic E-state index is -4.02. The van der Waals surface area contributed by atoms with Crippen molar-refractivity contribution in [2.45, 2.75) is 24.3 Å². The van der Waals surface area contributed by atoms with E-state index in [-0.39, 0.29) is 28.8 Å². The van der Waals surface area contributed by atoms with Crippen molar-refractivity contribution in [2.24, 2.45) is 5.92 Å². The third-order valence-corrected chi connectivity index (χ3v) is 5.51. The molecule has 2 N–H and O–H groups in total. The average molecular weight is 406 g/mol. The van der Waals surface area contributed by atoms with E-state index in [0.29, 0.717) is 12.6 Å². The van der Waals surface area contributed by atoms with Crippen LogP contribution in [-0.4, -0.2) is 27.5 Å². The third-order valence-electron chi connectivity index (χ3n) is 3.40. The lowest BCUT2D eigenvalue weighted by molar-refractivity contribution is 0.327. The fourth-order valence-electron chi connectivity index (χ4n) is 2.12. The molecule has 1 fully saturated rings. The van der Waals surface area contributed by atoms with E-state index < -0.39 is 26.6 Å². The van der Waals surface area contributed by atoms with Crippen molar-refractivity contribution in [1.29, 1.82) is 0 Å². The Kier molecular flexibility index (Phi) is 6.54. The van der Waals surface area contributed by atoms with Gasteiger partial charge in [0.05, 0.1) is 4.47 Å². The summed E-state index contributed by atoms with van der Waals surface area (Å²) < 4.78 is 53.6. The standard InChI is InChI=1S/C12H15BrF2N2O2S.ClH/c1-7-2-3-16-6-11(7)17-20(18,19)12-4-8(13)9(14)5-10(12)15;/h4-5,7,11,16-17H,2-3,6H2,1H3;1H. The predicted molar refractivity (Wildman–Crippen MR) is 82.1 cm³/mol. The van der Waals surface area contributed by atoms with E-state index in [9.17, 15) is 17.2 Å². The first-order valence-electron chi connectivity index (χ1n) is 6.19. The number of piperidine rings is 1. The third kappa shape index (κ3) is 4.35. The van der Waals surface area contributed by atoms with Gasteiger partial charge < -0.3 is 5.32 Å². The van der Waals surface area contributed by atoms with Crippen LogP contribution in [-0.2, 0) is 10.0 Å². The van der Waals surface area contributed by atoms with Crippen LogP contribution in [0.1, 0.15) is 13.3 Å². The van der Waals surface area contributed by atoms with E-state index in [1.54, 1.807) is 0 Å². The summed E-state index contributed by atoms with van der Waals surface area (Å²) in [5, 5.41) is 3.08. The number of rotatable bonds is 3. The topological polar surface area (TPSA) is 58.2 Å². The molecule has 4 nitrogen and oxygen atoms in total. The minimum absolute atomic E-state index is 0. The Labute approximate surface area is 137 Å². The number of hydrogen-bond donors (Lipinski definition) is 2. The van der Waals surface area contributed by atoms with Gasteiger partial charge in [-0.15, -0.1) is 12.4 Å². The van der Waals surface area contributed by atoms with Crippen LogP contribution in [0.5, 0.6) is 0 Å². The highest BCUT2D eigenvalue weighted by Gasteiger charge is 2.29. The highest BCUT2D eigenvalue weighted by atomic mass is 79.9. The van der Waals surface area contributed by atoms with E-state index in [1.807, 2.05) is 6.92 Å². The quantitative estimate of drug-likeness (QED) is 0.760. The highest BCUT2D eigenvalue weighted by molar-refractivity contribution is 9.10. The van der Waals surface area contributed by atoms with Crippen LogP contribution >= 0.6 is 28.3 Å². The van der Waals surface area contributed by atoms with E-state index >= 15 is 0 Å². The molecule has 0 radical (unpaired) electrons. The van der Waals surface area contributed by atoms with Crippen molar-refractivity contribution < 1.29 is 17.2 Å². The van der Waals surface area contributed by atoms with Crippen LogP contribution in [0.2, 0.25) is 0 Å². The SMILES string of the molecule is CC1CCNCC1NS(=O)(=O)c1cc(Br)c(F)cc1F.Cl. The summed E-state index contributed by atoms with van der Waals surface area (Å²) in [5.74, 6) is -1.79. The summed E-state index contributed by atoms with van der Waals surface area (Å²) in [6.07, 6.45) is 0.836. The normalized spacial score (nSPS) is 22.7. The largest absolute Gasteiger partial charge is 0.315 e. The van der Waals surface area contributed by atoms with Gasteiger partial charge in [-0.05, 0) is 40.9 Å². The van der Waals surface area contributed by atoms with Crippen LogP contribution in [0.15, 0.2) is 21.5 Å². The lowest BCUT2D eigenvalue weighted by atomic mass is 9.96. The van der Waals surface area contributed by atoms with Crippen LogP contribution in [0.4, 0.5) is 8.78 Å². The highest BCUT2D eigenvalue weighted by Crippen LogP contribution is 2.24. The molecule has 0 aliphatic carbocycles.